The number of nitrogens with one attached hydrogen (secondary N) is 3. The Kier molecular flexibility index (Phi) is 3.81. The van der Waals surface area contributed by atoms with E-state index < -0.39 is 0 Å². The number of aromatic nitrogens is 2. The Bertz CT molecular complexity index is 889. The molecule has 2 aromatic heterocycles. The fraction of sp³-hybridized carbons (Fsp3) is 0.0625. The Morgan fingerprint density at radius 2 is 2.08 bits per heavy atom. The molecule has 120 valence electrons. The van der Waals surface area contributed by atoms with Gasteiger partial charge in [0.25, 0.3) is 0 Å². The van der Waals surface area contributed by atoms with Gasteiger partial charge >= 0.3 is 0 Å². The molecule has 0 spiro atoms. The number of amidine groups is 1. The molecular formula is C16H15N7S. The number of hydrogen-bond donors (Lipinski definition) is 4. The molecule has 8 heteroatoms. The number of hydrazine groups is 1. The second kappa shape index (κ2) is 6.26. The SMILES string of the molecule is NNC1=Nc2ccccc2Nc2nc(NCc3cccs3)ncc21. The number of aliphatic imine (C=N–C) groups is 1. The van der Waals surface area contributed by atoms with Crippen LogP contribution < -0.4 is 21.9 Å². The summed E-state index contributed by atoms with van der Waals surface area (Å²) in [5.74, 6) is 7.35. The summed E-state index contributed by atoms with van der Waals surface area (Å²) < 4.78 is 0. The highest BCUT2D eigenvalue weighted by atomic mass is 32.1. The highest BCUT2D eigenvalue weighted by Crippen LogP contribution is 2.32. The largest absolute Gasteiger partial charge is 0.349 e. The highest BCUT2D eigenvalue weighted by Gasteiger charge is 2.18. The van der Waals surface area contributed by atoms with Crippen LogP contribution in [0.25, 0.3) is 0 Å². The summed E-state index contributed by atoms with van der Waals surface area (Å²) in [5, 5.41) is 8.58. The lowest BCUT2D eigenvalue weighted by Crippen LogP contribution is -2.31. The summed E-state index contributed by atoms with van der Waals surface area (Å²) >= 11 is 1.69. The van der Waals surface area contributed by atoms with E-state index >= 15 is 0 Å². The molecule has 3 heterocycles. The zero-order valence-corrected chi connectivity index (χ0v) is 13.5. The first-order valence-electron chi connectivity index (χ1n) is 7.38. The normalized spacial score (nSPS) is 12.3. The third-order valence-corrected chi connectivity index (χ3v) is 4.45. The first-order valence-corrected chi connectivity index (χ1v) is 8.26. The smallest absolute Gasteiger partial charge is 0.224 e. The van der Waals surface area contributed by atoms with Gasteiger partial charge in [0, 0.05) is 11.1 Å². The molecule has 0 fully saturated rings. The van der Waals surface area contributed by atoms with E-state index in [9.17, 15) is 0 Å². The van der Waals surface area contributed by atoms with E-state index in [2.05, 4.69) is 37.1 Å². The van der Waals surface area contributed by atoms with Crippen molar-refractivity contribution in [3.05, 3.63) is 58.4 Å². The minimum absolute atomic E-state index is 0.521. The number of benzene rings is 1. The van der Waals surface area contributed by atoms with Crippen molar-refractivity contribution < 1.29 is 0 Å². The molecule has 0 radical (unpaired) electrons. The summed E-state index contributed by atoms with van der Waals surface area (Å²) in [6, 6.07) is 11.8. The van der Waals surface area contributed by atoms with Crippen LogP contribution >= 0.6 is 11.3 Å². The van der Waals surface area contributed by atoms with Gasteiger partial charge in [-0.15, -0.1) is 11.3 Å². The molecule has 7 nitrogen and oxygen atoms in total. The topological polar surface area (TPSA) is 100 Å². The molecule has 3 aromatic rings. The van der Waals surface area contributed by atoms with Crippen molar-refractivity contribution in [2.24, 2.45) is 10.8 Å². The lowest BCUT2D eigenvalue weighted by molar-refractivity contribution is 1.01. The maximum atomic E-state index is 5.63. The number of fused-ring (bicyclic) bond motifs is 2. The summed E-state index contributed by atoms with van der Waals surface area (Å²) in [7, 11) is 0. The Hall–Kier alpha value is -2.97. The van der Waals surface area contributed by atoms with Gasteiger partial charge in [0.2, 0.25) is 5.95 Å². The lowest BCUT2D eigenvalue weighted by atomic mass is 10.2. The van der Waals surface area contributed by atoms with Crippen LogP contribution in [0.1, 0.15) is 10.4 Å². The van der Waals surface area contributed by atoms with E-state index in [1.807, 2.05) is 35.7 Å². The summed E-state index contributed by atoms with van der Waals surface area (Å²) in [6.07, 6.45) is 1.71. The fourth-order valence-corrected chi connectivity index (χ4v) is 3.05. The molecule has 1 aromatic carbocycles. The standard InChI is InChI=1S/C16H15N7S/c17-23-15-11-9-19-16(18-8-10-4-3-7-24-10)22-14(11)20-12-5-1-2-6-13(12)21-15/h1-7,9H,8,17H2,(H,21,23)(H2,18,19,20,22). The fourth-order valence-electron chi connectivity index (χ4n) is 2.41. The number of para-hydroxylation sites is 2. The Balaban J connectivity index is 1.67. The van der Waals surface area contributed by atoms with Crippen molar-refractivity contribution in [3.63, 3.8) is 0 Å². The van der Waals surface area contributed by atoms with Gasteiger partial charge in [0.15, 0.2) is 5.84 Å². The van der Waals surface area contributed by atoms with Gasteiger partial charge in [-0.2, -0.15) is 4.98 Å². The second-order valence-corrected chi connectivity index (χ2v) is 6.17. The summed E-state index contributed by atoms with van der Waals surface area (Å²) in [6.45, 7) is 0.684. The molecule has 24 heavy (non-hydrogen) atoms. The van der Waals surface area contributed by atoms with Crippen LogP contribution in [0.3, 0.4) is 0 Å². The average Bonchev–Trinajstić information content (AvgIpc) is 3.07. The van der Waals surface area contributed by atoms with Crippen molar-refractivity contribution in [1.82, 2.24) is 15.4 Å². The molecule has 0 amide bonds. The molecule has 0 saturated heterocycles. The monoisotopic (exact) mass is 337 g/mol. The van der Waals surface area contributed by atoms with Crippen molar-refractivity contribution in [3.8, 4) is 0 Å². The van der Waals surface area contributed by atoms with E-state index in [-0.39, 0.29) is 0 Å². The Labute approximate surface area is 142 Å². The molecule has 5 N–H and O–H groups in total. The molecular weight excluding hydrogens is 322 g/mol. The van der Waals surface area contributed by atoms with E-state index in [1.165, 1.54) is 4.88 Å². The number of hydrogen-bond acceptors (Lipinski definition) is 8. The zero-order valence-electron chi connectivity index (χ0n) is 12.7. The van der Waals surface area contributed by atoms with Gasteiger partial charge in [-0.3, -0.25) is 0 Å². The van der Waals surface area contributed by atoms with Crippen LogP contribution in [-0.2, 0) is 6.54 Å². The zero-order chi connectivity index (χ0) is 16.4. The summed E-state index contributed by atoms with van der Waals surface area (Å²) in [5.41, 5.74) is 5.00. The number of anilines is 3. The van der Waals surface area contributed by atoms with Crippen molar-refractivity contribution >= 4 is 40.3 Å². The molecule has 1 aliphatic rings. The Morgan fingerprint density at radius 1 is 1.17 bits per heavy atom. The van der Waals surface area contributed by atoms with Crippen LogP contribution in [0.4, 0.5) is 23.1 Å². The number of nitrogens with two attached hydrogens (primary N) is 1. The highest BCUT2D eigenvalue weighted by molar-refractivity contribution is 7.09. The van der Waals surface area contributed by atoms with Crippen molar-refractivity contribution in [2.75, 3.05) is 10.6 Å². The van der Waals surface area contributed by atoms with Gasteiger partial charge in [-0.05, 0) is 23.6 Å². The van der Waals surface area contributed by atoms with Gasteiger partial charge in [-0.1, -0.05) is 18.2 Å². The third kappa shape index (κ3) is 2.80. The second-order valence-electron chi connectivity index (χ2n) is 5.14. The molecule has 0 atom stereocenters. The van der Waals surface area contributed by atoms with Crippen molar-refractivity contribution in [1.29, 1.82) is 0 Å². The molecule has 0 bridgehead atoms. The van der Waals surface area contributed by atoms with E-state index in [1.54, 1.807) is 17.5 Å². The first kappa shape index (κ1) is 14.6. The van der Waals surface area contributed by atoms with Crippen LogP contribution in [0.2, 0.25) is 0 Å². The van der Waals surface area contributed by atoms with Crippen molar-refractivity contribution in [2.45, 2.75) is 6.54 Å². The third-order valence-electron chi connectivity index (χ3n) is 3.57. The van der Waals surface area contributed by atoms with Crippen LogP contribution in [0.15, 0.2) is 53.0 Å². The van der Waals surface area contributed by atoms with Gasteiger partial charge in [-0.25, -0.2) is 15.8 Å². The molecule has 0 unspecified atom stereocenters. The van der Waals surface area contributed by atoms with E-state index in [4.69, 9.17) is 5.84 Å². The van der Waals surface area contributed by atoms with Crippen LogP contribution in [0.5, 0.6) is 0 Å². The lowest BCUT2D eigenvalue weighted by Gasteiger charge is -2.11. The quantitative estimate of drug-likeness (QED) is 0.433. The van der Waals surface area contributed by atoms with Gasteiger partial charge < -0.3 is 16.1 Å². The van der Waals surface area contributed by atoms with E-state index in [0.717, 1.165) is 16.9 Å². The predicted octanol–water partition coefficient (Wildman–Crippen LogP) is 2.75. The predicted molar refractivity (Wildman–Crippen MR) is 96.9 cm³/mol. The maximum Gasteiger partial charge on any atom is 0.224 e. The Morgan fingerprint density at radius 3 is 2.92 bits per heavy atom. The average molecular weight is 337 g/mol. The first-order chi connectivity index (χ1) is 11.8. The molecule has 1 aliphatic heterocycles. The minimum Gasteiger partial charge on any atom is -0.349 e. The number of nitrogens with zero attached hydrogens (tertiary/aromatic N) is 3. The van der Waals surface area contributed by atoms with Crippen LogP contribution in [0, 0.1) is 0 Å². The van der Waals surface area contributed by atoms with E-state index in [0.29, 0.717) is 24.1 Å². The van der Waals surface area contributed by atoms with Gasteiger partial charge in [0.1, 0.15) is 5.82 Å². The van der Waals surface area contributed by atoms with Crippen LogP contribution in [-0.4, -0.2) is 15.8 Å². The summed E-state index contributed by atoms with van der Waals surface area (Å²) in [4.78, 5) is 14.7. The maximum absolute atomic E-state index is 5.63. The van der Waals surface area contributed by atoms with Gasteiger partial charge in [0.05, 0.1) is 23.5 Å². The minimum atomic E-state index is 0.521. The molecule has 0 aliphatic carbocycles. The number of thiophene rings is 1. The molecule has 4 rings (SSSR count). The molecule has 0 saturated carbocycles. The number of rotatable bonds is 3.